The molecule has 0 radical (unpaired) electrons. The molecule has 20 heavy (non-hydrogen) atoms. The highest BCUT2D eigenvalue weighted by molar-refractivity contribution is 6.31. The fourth-order valence-corrected chi connectivity index (χ4v) is 2.26. The van der Waals surface area contributed by atoms with Crippen molar-refractivity contribution >= 4 is 11.6 Å². The van der Waals surface area contributed by atoms with Gasteiger partial charge in [0.1, 0.15) is 12.4 Å². The molecule has 2 aromatic rings. The molecule has 0 spiro atoms. The number of hydrogen-bond acceptors (Lipinski definition) is 2. The van der Waals surface area contributed by atoms with E-state index in [1.807, 2.05) is 30.3 Å². The summed E-state index contributed by atoms with van der Waals surface area (Å²) in [7, 11) is 0. The van der Waals surface area contributed by atoms with Crippen LogP contribution in [0.25, 0.3) is 0 Å². The summed E-state index contributed by atoms with van der Waals surface area (Å²) in [6.07, 6.45) is 0. The summed E-state index contributed by atoms with van der Waals surface area (Å²) in [6.45, 7) is 6.36. The maximum Gasteiger partial charge on any atom is 0.125 e. The number of aryl methyl sites for hydroxylation is 1. The molecule has 0 saturated heterocycles. The number of ether oxygens (including phenoxy) is 1. The van der Waals surface area contributed by atoms with E-state index < -0.39 is 0 Å². The molecule has 2 aromatic carbocycles. The molecule has 0 aliphatic heterocycles. The van der Waals surface area contributed by atoms with E-state index in [4.69, 9.17) is 16.3 Å². The second kappa shape index (κ2) is 7.32. The van der Waals surface area contributed by atoms with E-state index in [1.54, 1.807) is 0 Å². The highest BCUT2D eigenvalue weighted by Gasteiger charge is 2.08. The van der Waals surface area contributed by atoms with Gasteiger partial charge < -0.3 is 10.1 Å². The molecule has 3 heteroatoms. The van der Waals surface area contributed by atoms with Crippen LogP contribution in [0, 0.1) is 6.92 Å². The Morgan fingerprint density at radius 1 is 1.10 bits per heavy atom. The molecule has 0 aromatic heterocycles. The maximum absolute atomic E-state index is 6.26. The molecule has 0 aliphatic carbocycles. The van der Waals surface area contributed by atoms with Crippen LogP contribution < -0.4 is 10.1 Å². The Bertz CT molecular complexity index is 569. The quantitative estimate of drug-likeness (QED) is 0.854. The van der Waals surface area contributed by atoms with Gasteiger partial charge in [-0.15, -0.1) is 0 Å². The molecule has 0 saturated carbocycles. The SMILES string of the molecule is CCNCc1c(Cl)cccc1OCc1ccccc1C. The molecule has 106 valence electrons. The third-order valence-electron chi connectivity index (χ3n) is 3.27. The standard InChI is InChI=1S/C17H20ClNO/c1-3-19-11-15-16(18)9-6-10-17(15)20-12-14-8-5-4-7-13(14)2/h4-10,19H,3,11-12H2,1-2H3. The fourth-order valence-electron chi connectivity index (χ4n) is 2.02. The molecular weight excluding hydrogens is 270 g/mol. The van der Waals surface area contributed by atoms with Gasteiger partial charge in [0, 0.05) is 17.1 Å². The number of halogens is 1. The minimum atomic E-state index is 0.562. The first kappa shape index (κ1) is 14.9. The Labute approximate surface area is 125 Å². The topological polar surface area (TPSA) is 21.3 Å². The Morgan fingerprint density at radius 3 is 2.65 bits per heavy atom. The van der Waals surface area contributed by atoms with Crippen molar-refractivity contribution < 1.29 is 4.74 Å². The molecule has 2 rings (SSSR count). The highest BCUT2D eigenvalue weighted by Crippen LogP contribution is 2.27. The number of rotatable bonds is 6. The summed E-state index contributed by atoms with van der Waals surface area (Å²) < 4.78 is 5.96. The Morgan fingerprint density at radius 2 is 1.90 bits per heavy atom. The molecule has 1 N–H and O–H groups in total. The van der Waals surface area contributed by atoms with E-state index in [0.717, 1.165) is 29.4 Å². The number of hydrogen-bond donors (Lipinski definition) is 1. The summed E-state index contributed by atoms with van der Waals surface area (Å²) in [6, 6.07) is 14.0. The molecule has 0 aliphatic rings. The smallest absolute Gasteiger partial charge is 0.125 e. The molecule has 0 heterocycles. The van der Waals surface area contributed by atoms with Crippen molar-refractivity contribution in [1.82, 2.24) is 5.32 Å². The van der Waals surface area contributed by atoms with Crippen LogP contribution in [0.4, 0.5) is 0 Å². The van der Waals surface area contributed by atoms with Gasteiger partial charge >= 0.3 is 0 Å². The molecule has 0 amide bonds. The zero-order valence-corrected chi connectivity index (χ0v) is 12.7. The lowest BCUT2D eigenvalue weighted by atomic mass is 10.1. The largest absolute Gasteiger partial charge is 0.489 e. The summed E-state index contributed by atoms with van der Waals surface area (Å²) in [5.41, 5.74) is 3.45. The normalized spacial score (nSPS) is 10.6. The minimum Gasteiger partial charge on any atom is -0.489 e. The summed E-state index contributed by atoms with van der Waals surface area (Å²) in [5, 5.41) is 4.03. The van der Waals surface area contributed by atoms with E-state index in [2.05, 4.69) is 31.3 Å². The zero-order valence-electron chi connectivity index (χ0n) is 11.9. The van der Waals surface area contributed by atoms with Crippen LogP contribution in [0.3, 0.4) is 0 Å². The van der Waals surface area contributed by atoms with E-state index in [1.165, 1.54) is 11.1 Å². The van der Waals surface area contributed by atoms with Crippen molar-refractivity contribution in [3.05, 3.63) is 64.2 Å². The van der Waals surface area contributed by atoms with Crippen LogP contribution in [0.2, 0.25) is 5.02 Å². The van der Waals surface area contributed by atoms with Crippen molar-refractivity contribution in [1.29, 1.82) is 0 Å². The Kier molecular flexibility index (Phi) is 5.45. The van der Waals surface area contributed by atoms with Gasteiger partial charge in [0.2, 0.25) is 0 Å². The monoisotopic (exact) mass is 289 g/mol. The van der Waals surface area contributed by atoms with Crippen LogP contribution in [0.1, 0.15) is 23.6 Å². The predicted octanol–water partition coefficient (Wildman–Crippen LogP) is 4.34. The first-order chi connectivity index (χ1) is 9.72. The predicted molar refractivity (Wildman–Crippen MR) is 84.3 cm³/mol. The van der Waals surface area contributed by atoms with Crippen molar-refractivity contribution in [2.75, 3.05) is 6.54 Å². The van der Waals surface area contributed by atoms with Crippen LogP contribution in [0.15, 0.2) is 42.5 Å². The van der Waals surface area contributed by atoms with Crippen LogP contribution in [0.5, 0.6) is 5.75 Å². The second-order valence-electron chi connectivity index (χ2n) is 4.71. The maximum atomic E-state index is 6.26. The lowest BCUT2D eigenvalue weighted by Gasteiger charge is -2.14. The first-order valence-corrected chi connectivity index (χ1v) is 7.25. The van der Waals surface area contributed by atoms with Gasteiger partial charge in [-0.3, -0.25) is 0 Å². The van der Waals surface area contributed by atoms with Gasteiger partial charge in [0.25, 0.3) is 0 Å². The molecule has 0 unspecified atom stereocenters. The third-order valence-corrected chi connectivity index (χ3v) is 3.63. The van der Waals surface area contributed by atoms with Gasteiger partial charge in [-0.2, -0.15) is 0 Å². The molecule has 0 fully saturated rings. The Balaban J connectivity index is 2.13. The molecule has 2 nitrogen and oxygen atoms in total. The van der Waals surface area contributed by atoms with Gasteiger partial charge in [0.05, 0.1) is 0 Å². The van der Waals surface area contributed by atoms with Crippen LogP contribution >= 0.6 is 11.6 Å². The lowest BCUT2D eigenvalue weighted by Crippen LogP contribution is -2.13. The van der Waals surface area contributed by atoms with Crippen molar-refractivity contribution in [2.45, 2.75) is 27.0 Å². The lowest BCUT2D eigenvalue weighted by molar-refractivity contribution is 0.301. The summed E-state index contributed by atoms with van der Waals surface area (Å²) >= 11 is 6.26. The number of nitrogens with one attached hydrogen (secondary N) is 1. The molecule has 0 atom stereocenters. The summed E-state index contributed by atoms with van der Waals surface area (Å²) in [4.78, 5) is 0. The van der Waals surface area contributed by atoms with Gasteiger partial charge in [-0.1, -0.05) is 48.9 Å². The van der Waals surface area contributed by atoms with E-state index in [9.17, 15) is 0 Å². The fraction of sp³-hybridized carbons (Fsp3) is 0.294. The third kappa shape index (κ3) is 3.75. The van der Waals surface area contributed by atoms with Crippen molar-refractivity contribution in [3.8, 4) is 5.75 Å². The second-order valence-corrected chi connectivity index (χ2v) is 5.12. The van der Waals surface area contributed by atoms with Gasteiger partial charge in [0.15, 0.2) is 0 Å². The first-order valence-electron chi connectivity index (χ1n) is 6.87. The van der Waals surface area contributed by atoms with Crippen LogP contribution in [-0.4, -0.2) is 6.54 Å². The van der Waals surface area contributed by atoms with Crippen molar-refractivity contribution in [2.24, 2.45) is 0 Å². The summed E-state index contributed by atoms with van der Waals surface area (Å²) in [5.74, 6) is 0.849. The average molecular weight is 290 g/mol. The number of benzene rings is 2. The van der Waals surface area contributed by atoms with Crippen molar-refractivity contribution in [3.63, 3.8) is 0 Å². The van der Waals surface area contributed by atoms with E-state index in [-0.39, 0.29) is 0 Å². The van der Waals surface area contributed by atoms with E-state index >= 15 is 0 Å². The van der Waals surface area contributed by atoms with Gasteiger partial charge in [-0.05, 0) is 36.7 Å². The highest BCUT2D eigenvalue weighted by atomic mass is 35.5. The molecular formula is C17H20ClNO. The van der Waals surface area contributed by atoms with Gasteiger partial charge in [-0.25, -0.2) is 0 Å². The zero-order chi connectivity index (χ0) is 14.4. The molecule has 0 bridgehead atoms. The van der Waals surface area contributed by atoms with E-state index in [0.29, 0.717) is 6.61 Å². The Hall–Kier alpha value is -1.51. The minimum absolute atomic E-state index is 0.562. The average Bonchev–Trinajstić information content (AvgIpc) is 2.45. The van der Waals surface area contributed by atoms with Crippen LogP contribution in [-0.2, 0) is 13.2 Å².